The molecule has 28 heavy (non-hydrogen) atoms. The molecule has 2 aromatic rings. The van der Waals surface area contributed by atoms with Crippen molar-refractivity contribution in [3.05, 3.63) is 69.2 Å². The van der Waals surface area contributed by atoms with Gasteiger partial charge in [0.1, 0.15) is 0 Å². The first-order chi connectivity index (χ1) is 13.5. The van der Waals surface area contributed by atoms with E-state index < -0.39 is 8.32 Å². The Labute approximate surface area is 180 Å². The zero-order chi connectivity index (χ0) is 20.6. The van der Waals surface area contributed by atoms with Crippen LogP contribution in [0.2, 0.25) is 28.2 Å². The summed E-state index contributed by atoms with van der Waals surface area (Å²) < 4.78 is 6.81. The standard InChI is InChI=1S/C22H28Cl2N2OSi/c1-5-28(6-2,7-3)27-21(22-19(23)15-26-16-20(22)24)13-9-11-17-10-8-12-18(14-17)25-4/h8,10,12,14-16,21H,5-7,9,11,13H2,1-3H3. The molecule has 0 radical (unpaired) electrons. The summed E-state index contributed by atoms with van der Waals surface area (Å²) in [6.07, 6.45) is 5.82. The molecular weight excluding hydrogens is 407 g/mol. The molecule has 6 heteroatoms. The number of aromatic nitrogens is 1. The molecule has 0 fully saturated rings. The smallest absolute Gasteiger partial charge is 0.192 e. The summed E-state index contributed by atoms with van der Waals surface area (Å²) in [7, 11) is -1.83. The van der Waals surface area contributed by atoms with Gasteiger partial charge in [-0.3, -0.25) is 4.98 Å². The molecule has 0 bridgehead atoms. The highest BCUT2D eigenvalue weighted by Gasteiger charge is 2.33. The largest absolute Gasteiger partial charge is 0.410 e. The molecule has 0 amide bonds. The van der Waals surface area contributed by atoms with Crippen LogP contribution in [0.1, 0.15) is 50.8 Å². The first-order valence-electron chi connectivity index (χ1n) is 9.91. The minimum atomic E-state index is -1.83. The maximum Gasteiger partial charge on any atom is 0.192 e. The van der Waals surface area contributed by atoms with Gasteiger partial charge in [-0.05, 0) is 37.4 Å². The van der Waals surface area contributed by atoms with E-state index in [1.165, 1.54) is 5.56 Å². The molecule has 0 aliphatic heterocycles. The fraction of sp³-hybridized carbons (Fsp3) is 0.455. The summed E-state index contributed by atoms with van der Waals surface area (Å²) in [4.78, 5) is 7.61. The second-order valence-electron chi connectivity index (χ2n) is 7.04. The quantitative estimate of drug-likeness (QED) is 0.279. The number of benzene rings is 1. The van der Waals surface area contributed by atoms with Crippen molar-refractivity contribution in [1.82, 2.24) is 4.98 Å². The molecule has 0 aliphatic carbocycles. The highest BCUT2D eigenvalue weighted by molar-refractivity contribution is 6.73. The Morgan fingerprint density at radius 2 is 1.75 bits per heavy atom. The second-order valence-corrected chi connectivity index (χ2v) is 12.6. The molecule has 1 heterocycles. The lowest BCUT2D eigenvalue weighted by atomic mass is 10.0. The van der Waals surface area contributed by atoms with E-state index >= 15 is 0 Å². The number of hydrogen-bond donors (Lipinski definition) is 0. The van der Waals surface area contributed by atoms with E-state index in [1.807, 2.05) is 18.2 Å². The van der Waals surface area contributed by atoms with E-state index in [2.05, 4.69) is 36.7 Å². The SMILES string of the molecule is [C-]#[N+]c1cccc(CCCC(O[Si](CC)(CC)CC)c2c(Cl)cncc2Cl)c1. The zero-order valence-corrected chi connectivity index (χ0v) is 19.4. The van der Waals surface area contributed by atoms with Crippen molar-refractivity contribution < 1.29 is 4.43 Å². The van der Waals surface area contributed by atoms with E-state index in [9.17, 15) is 0 Å². The fourth-order valence-corrected chi connectivity index (χ4v) is 7.01. The van der Waals surface area contributed by atoms with Crippen molar-refractivity contribution in [2.24, 2.45) is 0 Å². The van der Waals surface area contributed by atoms with Gasteiger partial charge < -0.3 is 4.43 Å². The van der Waals surface area contributed by atoms with Crippen LogP contribution in [0.3, 0.4) is 0 Å². The summed E-state index contributed by atoms with van der Waals surface area (Å²) in [5.41, 5.74) is 2.71. The summed E-state index contributed by atoms with van der Waals surface area (Å²) in [5, 5.41) is 1.14. The highest BCUT2D eigenvalue weighted by atomic mass is 35.5. The Morgan fingerprint density at radius 3 is 2.32 bits per heavy atom. The molecule has 0 N–H and O–H groups in total. The van der Waals surface area contributed by atoms with Gasteiger partial charge in [-0.15, -0.1) is 0 Å². The molecule has 0 saturated carbocycles. The van der Waals surface area contributed by atoms with Crippen LogP contribution in [0.25, 0.3) is 4.85 Å². The number of aryl methyl sites for hydroxylation is 1. The summed E-state index contributed by atoms with van der Waals surface area (Å²) in [6, 6.07) is 11.0. The van der Waals surface area contributed by atoms with Crippen molar-refractivity contribution in [2.75, 3.05) is 0 Å². The Bertz CT molecular complexity index is 790. The van der Waals surface area contributed by atoms with Crippen LogP contribution < -0.4 is 0 Å². The molecule has 1 aromatic carbocycles. The van der Waals surface area contributed by atoms with Gasteiger partial charge in [0, 0.05) is 18.0 Å². The molecule has 2 rings (SSSR count). The molecule has 0 spiro atoms. The van der Waals surface area contributed by atoms with Crippen molar-refractivity contribution in [1.29, 1.82) is 0 Å². The minimum Gasteiger partial charge on any atom is -0.410 e. The monoisotopic (exact) mass is 434 g/mol. The van der Waals surface area contributed by atoms with Gasteiger partial charge in [-0.1, -0.05) is 73.8 Å². The van der Waals surface area contributed by atoms with Gasteiger partial charge in [0.15, 0.2) is 14.0 Å². The third kappa shape index (κ3) is 5.81. The maximum absolute atomic E-state index is 7.18. The number of pyridine rings is 1. The summed E-state index contributed by atoms with van der Waals surface area (Å²) in [5.74, 6) is 0. The predicted octanol–water partition coefficient (Wildman–Crippen LogP) is 8.02. The molecule has 0 aliphatic rings. The maximum atomic E-state index is 7.18. The van der Waals surface area contributed by atoms with Crippen LogP contribution >= 0.6 is 23.2 Å². The van der Waals surface area contributed by atoms with Crippen LogP contribution in [0, 0.1) is 6.57 Å². The molecular formula is C22H28Cl2N2OSi. The summed E-state index contributed by atoms with van der Waals surface area (Å²) in [6.45, 7) is 13.9. The number of nitrogens with zero attached hydrogens (tertiary/aromatic N) is 2. The van der Waals surface area contributed by atoms with Crippen LogP contribution in [-0.4, -0.2) is 13.3 Å². The predicted molar refractivity (Wildman–Crippen MR) is 121 cm³/mol. The first-order valence-corrected chi connectivity index (χ1v) is 13.2. The van der Waals surface area contributed by atoms with Gasteiger partial charge in [0.2, 0.25) is 0 Å². The van der Waals surface area contributed by atoms with Crippen LogP contribution in [0.15, 0.2) is 36.7 Å². The molecule has 1 atom stereocenters. The van der Waals surface area contributed by atoms with Crippen LogP contribution in [-0.2, 0) is 10.8 Å². The lowest BCUT2D eigenvalue weighted by Gasteiger charge is -2.34. The third-order valence-electron chi connectivity index (χ3n) is 5.51. The number of rotatable bonds is 10. The first kappa shape index (κ1) is 22.9. The van der Waals surface area contributed by atoms with Crippen molar-refractivity contribution in [2.45, 2.75) is 64.3 Å². The van der Waals surface area contributed by atoms with Crippen LogP contribution in [0.5, 0.6) is 0 Å². The molecule has 1 unspecified atom stereocenters. The number of halogens is 2. The second kappa shape index (κ2) is 11.0. The Balaban J connectivity index is 2.22. The summed E-state index contributed by atoms with van der Waals surface area (Å²) >= 11 is 12.9. The van der Waals surface area contributed by atoms with E-state index in [4.69, 9.17) is 34.2 Å². The van der Waals surface area contributed by atoms with E-state index in [1.54, 1.807) is 12.4 Å². The van der Waals surface area contributed by atoms with Crippen LogP contribution in [0.4, 0.5) is 5.69 Å². The zero-order valence-electron chi connectivity index (χ0n) is 16.8. The van der Waals surface area contributed by atoms with Crippen molar-refractivity contribution in [3.8, 4) is 0 Å². The van der Waals surface area contributed by atoms with E-state index in [0.29, 0.717) is 15.7 Å². The van der Waals surface area contributed by atoms with Gasteiger partial charge in [0.05, 0.1) is 22.7 Å². The lowest BCUT2D eigenvalue weighted by Crippen LogP contribution is -2.37. The fourth-order valence-electron chi connectivity index (χ4n) is 3.57. The Morgan fingerprint density at radius 1 is 1.11 bits per heavy atom. The molecule has 150 valence electrons. The third-order valence-corrected chi connectivity index (χ3v) is 10.8. The number of hydrogen-bond acceptors (Lipinski definition) is 2. The van der Waals surface area contributed by atoms with Crippen molar-refractivity contribution >= 4 is 37.2 Å². The Hall–Kier alpha value is -1.38. The van der Waals surface area contributed by atoms with Gasteiger partial charge in [-0.2, -0.15) is 0 Å². The van der Waals surface area contributed by atoms with Crippen molar-refractivity contribution in [3.63, 3.8) is 0 Å². The lowest BCUT2D eigenvalue weighted by molar-refractivity contribution is 0.176. The van der Waals surface area contributed by atoms with Gasteiger partial charge in [-0.25, -0.2) is 4.85 Å². The average molecular weight is 435 g/mol. The molecule has 0 saturated heterocycles. The molecule has 1 aromatic heterocycles. The normalized spacial score (nSPS) is 12.6. The topological polar surface area (TPSA) is 26.5 Å². The van der Waals surface area contributed by atoms with E-state index in [-0.39, 0.29) is 6.10 Å². The van der Waals surface area contributed by atoms with Gasteiger partial charge >= 0.3 is 0 Å². The van der Waals surface area contributed by atoms with Gasteiger partial charge in [0.25, 0.3) is 0 Å². The Kier molecular flexibility index (Phi) is 8.97. The minimum absolute atomic E-state index is 0.126. The molecule has 3 nitrogen and oxygen atoms in total. The van der Waals surface area contributed by atoms with E-state index in [0.717, 1.165) is 43.0 Å². The average Bonchev–Trinajstić information content (AvgIpc) is 2.71. The highest BCUT2D eigenvalue weighted by Crippen LogP contribution is 2.39.